The fourth-order valence-electron chi connectivity index (χ4n) is 4.97. The van der Waals surface area contributed by atoms with Gasteiger partial charge in [0.1, 0.15) is 18.4 Å². The number of ether oxygens (including phenoxy) is 1. The maximum atomic E-state index is 13.1. The molecule has 7 heteroatoms. The first-order valence-electron chi connectivity index (χ1n) is 14.9. The molecule has 0 heterocycles. The van der Waals surface area contributed by atoms with E-state index in [4.69, 9.17) is 4.74 Å². The van der Waals surface area contributed by atoms with Crippen molar-refractivity contribution in [3.05, 3.63) is 131 Å². The zero-order valence-electron chi connectivity index (χ0n) is 25.5. The number of aryl methyl sites for hydroxylation is 1. The van der Waals surface area contributed by atoms with Crippen molar-refractivity contribution < 1.29 is 24.2 Å². The molecule has 2 N–H and O–H groups in total. The molecule has 44 heavy (non-hydrogen) atoms. The predicted octanol–water partition coefficient (Wildman–Crippen LogP) is 6.79. The van der Waals surface area contributed by atoms with Crippen LogP contribution in [-0.4, -0.2) is 46.9 Å². The molecule has 0 aliphatic rings. The Hall–Kier alpha value is -4.91. The monoisotopic (exact) mass is 592 g/mol. The van der Waals surface area contributed by atoms with E-state index in [0.717, 1.165) is 16.7 Å². The normalized spacial score (nSPS) is 11.5. The van der Waals surface area contributed by atoms with Gasteiger partial charge in [-0.2, -0.15) is 0 Å². The SMILES string of the molecule is Cc1cccc(CN(CCOc2ccc(C[C@H](Nc3ccccc3C(=O)c3ccccc3)C(=O)O)cc2)C(=O)CC(C)C)c1. The molecule has 0 unspecified atom stereocenters. The smallest absolute Gasteiger partial charge is 0.326 e. The van der Waals surface area contributed by atoms with Gasteiger partial charge in [-0.1, -0.05) is 98.3 Å². The summed E-state index contributed by atoms with van der Waals surface area (Å²) in [5, 5.41) is 13.0. The third kappa shape index (κ3) is 9.30. The molecular weight excluding hydrogens is 552 g/mol. The van der Waals surface area contributed by atoms with Gasteiger partial charge in [-0.3, -0.25) is 9.59 Å². The number of ketones is 1. The summed E-state index contributed by atoms with van der Waals surface area (Å²) in [5.41, 5.74) is 4.46. The lowest BCUT2D eigenvalue weighted by Crippen LogP contribution is -2.34. The summed E-state index contributed by atoms with van der Waals surface area (Å²) in [6, 6.07) is 30.4. The summed E-state index contributed by atoms with van der Waals surface area (Å²) in [7, 11) is 0. The number of carboxylic acids is 1. The minimum Gasteiger partial charge on any atom is -0.492 e. The summed E-state index contributed by atoms with van der Waals surface area (Å²) in [6.45, 7) is 7.42. The van der Waals surface area contributed by atoms with E-state index in [-0.39, 0.29) is 24.0 Å². The predicted molar refractivity (Wildman–Crippen MR) is 173 cm³/mol. The molecule has 0 radical (unpaired) electrons. The molecular formula is C37H40N2O5. The number of para-hydroxylation sites is 1. The number of aliphatic carboxylic acids is 1. The summed E-state index contributed by atoms with van der Waals surface area (Å²) < 4.78 is 5.98. The van der Waals surface area contributed by atoms with E-state index in [9.17, 15) is 19.5 Å². The van der Waals surface area contributed by atoms with Crippen LogP contribution in [0.1, 0.15) is 52.9 Å². The van der Waals surface area contributed by atoms with E-state index in [0.29, 0.717) is 48.7 Å². The second-order valence-electron chi connectivity index (χ2n) is 11.4. The maximum Gasteiger partial charge on any atom is 0.326 e. The number of nitrogens with zero attached hydrogens (tertiary/aromatic N) is 1. The van der Waals surface area contributed by atoms with Crippen LogP contribution >= 0.6 is 0 Å². The quantitative estimate of drug-likeness (QED) is 0.148. The highest BCUT2D eigenvalue weighted by Crippen LogP contribution is 2.22. The Balaban J connectivity index is 1.37. The van der Waals surface area contributed by atoms with Gasteiger partial charge in [0.2, 0.25) is 5.91 Å². The molecule has 1 atom stereocenters. The van der Waals surface area contributed by atoms with Crippen LogP contribution in [0.25, 0.3) is 0 Å². The molecule has 1 amide bonds. The fourth-order valence-corrected chi connectivity index (χ4v) is 4.97. The lowest BCUT2D eigenvalue weighted by atomic mass is 10.00. The van der Waals surface area contributed by atoms with Crippen LogP contribution in [0.2, 0.25) is 0 Å². The summed E-state index contributed by atoms with van der Waals surface area (Å²) in [4.78, 5) is 40.1. The zero-order valence-corrected chi connectivity index (χ0v) is 25.5. The highest BCUT2D eigenvalue weighted by atomic mass is 16.5. The van der Waals surface area contributed by atoms with Crippen LogP contribution in [0, 0.1) is 12.8 Å². The van der Waals surface area contributed by atoms with Crippen molar-refractivity contribution in [1.82, 2.24) is 4.90 Å². The minimum absolute atomic E-state index is 0.0970. The molecule has 0 aliphatic heterocycles. The zero-order chi connectivity index (χ0) is 31.5. The third-order valence-electron chi connectivity index (χ3n) is 7.22. The van der Waals surface area contributed by atoms with Gasteiger partial charge < -0.3 is 20.1 Å². The fraction of sp³-hybridized carbons (Fsp3) is 0.270. The van der Waals surface area contributed by atoms with Crippen LogP contribution in [0.4, 0.5) is 5.69 Å². The molecule has 4 aromatic carbocycles. The van der Waals surface area contributed by atoms with Gasteiger partial charge in [-0.15, -0.1) is 0 Å². The largest absolute Gasteiger partial charge is 0.492 e. The number of amides is 1. The van der Waals surface area contributed by atoms with E-state index in [1.807, 2.05) is 74.2 Å². The second kappa shape index (κ2) is 15.5. The van der Waals surface area contributed by atoms with Crippen LogP contribution in [-0.2, 0) is 22.6 Å². The maximum absolute atomic E-state index is 13.1. The van der Waals surface area contributed by atoms with E-state index < -0.39 is 12.0 Å². The lowest BCUT2D eigenvalue weighted by molar-refractivity contribution is -0.138. The molecule has 0 saturated carbocycles. The van der Waals surface area contributed by atoms with E-state index in [2.05, 4.69) is 11.4 Å². The van der Waals surface area contributed by atoms with E-state index in [1.54, 1.807) is 48.5 Å². The first-order chi connectivity index (χ1) is 21.2. The number of nitrogens with one attached hydrogen (secondary N) is 1. The van der Waals surface area contributed by atoms with Gasteiger partial charge >= 0.3 is 5.97 Å². The van der Waals surface area contributed by atoms with Gasteiger partial charge in [0.05, 0.1) is 6.54 Å². The lowest BCUT2D eigenvalue weighted by Gasteiger charge is -2.24. The van der Waals surface area contributed by atoms with Gasteiger partial charge in [0.15, 0.2) is 5.78 Å². The van der Waals surface area contributed by atoms with Gasteiger partial charge in [0, 0.05) is 36.2 Å². The number of rotatable bonds is 15. The summed E-state index contributed by atoms with van der Waals surface area (Å²) >= 11 is 0. The molecule has 0 spiro atoms. The number of carbonyl (C=O) groups is 3. The van der Waals surface area contributed by atoms with Crippen molar-refractivity contribution in [2.75, 3.05) is 18.5 Å². The number of benzene rings is 4. The standard InChI is InChI=1S/C37H40N2O5/c1-26(2)22-35(40)39(25-29-11-9-10-27(3)23-29)20-21-44-31-18-16-28(17-19-31)24-34(37(42)43)38-33-15-8-7-14-32(33)36(41)30-12-5-4-6-13-30/h4-19,23,26,34,38H,20-22,24-25H2,1-3H3,(H,42,43)/t34-/m0/s1. The van der Waals surface area contributed by atoms with Crippen LogP contribution < -0.4 is 10.1 Å². The Morgan fingerprint density at radius 3 is 2.23 bits per heavy atom. The van der Waals surface area contributed by atoms with Crippen LogP contribution in [0.15, 0.2) is 103 Å². The number of anilines is 1. The van der Waals surface area contributed by atoms with Crippen molar-refractivity contribution in [2.24, 2.45) is 5.92 Å². The summed E-state index contributed by atoms with van der Waals surface area (Å²) in [6.07, 6.45) is 0.682. The van der Waals surface area contributed by atoms with E-state index in [1.165, 1.54) is 0 Å². The summed E-state index contributed by atoms with van der Waals surface area (Å²) in [5.74, 6) is -0.202. The molecule has 0 saturated heterocycles. The Morgan fingerprint density at radius 2 is 1.55 bits per heavy atom. The van der Waals surface area contributed by atoms with Crippen molar-refractivity contribution in [2.45, 2.75) is 46.2 Å². The molecule has 0 fully saturated rings. The number of hydrogen-bond donors (Lipinski definition) is 2. The van der Waals surface area contributed by atoms with Crippen molar-refractivity contribution in [1.29, 1.82) is 0 Å². The first kappa shape index (κ1) is 32.0. The van der Waals surface area contributed by atoms with E-state index >= 15 is 0 Å². The minimum atomic E-state index is -1.02. The number of carboxylic acid groups (broad SMARTS) is 1. The van der Waals surface area contributed by atoms with Gasteiger partial charge in [-0.05, 0) is 48.2 Å². The molecule has 4 aromatic rings. The van der Waals surface area contributed by atoms with Crippen molar-refractivity contribution >= 4 is 23.3 Å². The van der Waals surface area contributed by atoms with Crippen molar-refractivity contribution in [3.8, 4) is 5.75 Å². The van der Waals surface area contributed by atoms with Crippen LogP contribution in [0.5, 0.6) is 5.75 Å². The van der Waals surface area contributed by atoms with Crippen LogP contribution in [0.3, 0.4) is 0 Å². The molecule has 0 aromatic heterocycles. The number of carbonyl (C=O) groups excluding carboxylic acids is 2. The highest BCUT2D eigenvalue weighted by molar-refractivity contribution is 6.12. The molecule has 4 rings (SSSR count). The Labute approximate surface area is 259 Å². The molecule has 7 nitrogen and oxygen atoms in total. The topological polar surface area (TPSA) is 95.9 Å². The molecule has 0 bridgehead atoms. The molecule has 228 valence electrons. The van der Waals surface area contributed by atoms with Gasteiger partial charge in [0.25, 0.3) is 0 Å². The van der Waals surface area contributed by atoms with Crippen molar-refractivity contribution in [3.63, 3.8) is 0 Å². The second-order valence-corrected chi connectivity index (χ2v) is 11.4. The Morgan fingerprint density at radius 1 is 0.841 bits per heavy atom. The first-order valence-corrected chi connectivity index (χ1v) is 14.9. The molecule has 0 aliphatic carbocycles. The average molecular weight is 593 g/mol. The average Bonchev–Trinajstić information content (AvgIpc) is 3.01. The van der Waals surface area contributed by atoms with Gasteiger partial charge in [-0.25, -0.2) is 4.79 Å². The number of hydrogen-bond acceptors (Lipinski definition) is 5. The highest BCUT2D eigenvalue weighted by Gasteiger charge is 2.22. The Bertz CT molecular complexity index is 1550. The third-order valence-corrected chi connectivity index (χ3v) is 7.22. The Kier molecular flexibility index (Phi) is 11.3.